The summed E-state index contributed by atoms with van der Waals surface area (Å²) in [6.45, 7) is 1.76. The van der Waals surface area contributed by atoms with Crippen LogP contribution in [0.3, 0.4) is 0 Å². The summed E-state index contributed by atoms with van der Waals surface area (Å²) in [5.74, 6) is -0.654. The van der Waals surface area contributed by atoms with Crippen LogP contribution in [0, 0.1) is 6.92 Å². The minimum atomic E-state index is -3.86. The van der Waals surface area contributed by atoms with E-state index in [2.05, 4.69) is 20.2 Å². The van der Waals surface area contributed by atoms with Gasteiger partial charge in [-0.2, -0.15) is 0 Å². The molecule has 1 aromatic heterocycles. The quantitative estimate of drug-likeness (QED) is 0.727. The molecule has 0 bridgehead atoms. The van der Waals surface area contributed by atoms with Crippen molar-refractivity contribution in [3.63, 3.8) is 0 Å². The highest BCUT2D eigenvalue weighted by molar-refractivity contribution is 7.92. The van der Waals surface area contributed by atoms with E-state index < -0.39 is 31.8 Å². The van der Waals surface area contributed by atoms with Crippen LogP contribution in [-0.4, -0.2) is 50.5 Å². The van der Waals surface area contributed by atoms with Crippen LogP contribution in [0.2, 0.25) is 0 Å². The highest BCUT2D eigenvalue weighted by Crippen LogP contribution is 2.18. The first-order chi connectivity index (χ1) is 12.1. The zero-order chi connectivity index (χ0) is 18.9. The van der Waals surface area contributed by atoms with Crippen LogP contribution in [0.25, 0.3) is 0 Å². The van der Waals surface area contributed by atoms with Crippen LogP contribution in [0.4, 0.5) is 5.13 Å². The van der Waals surface area contributed by atoms with Gasteiger partial charge in [0.25, 0.3) is 5.91 Å². The Labute approximate surface area is 154 Å². The predicted octanol–water partition coefficient (Wildman–Crippen LogP) is 0.564. The molecule has 1 atom stereocenters. The minimum absolute atomic E-state index is 0.0234. The fraction of sp³-hybridized carbons (Fsp3) is 0.357. The van der Waals surface area contributed by atoms with E-state index in [1.807, 2.05) is 0 Å². The summed E-state index contributed by atoms with van der Waals surface area (Å²) in [6, 6.07) is 4.72. The van der Waals surface area contributed by atoms with Crippen molar-refractivity contribution in [3.05, 3.63) is 34.8 Å². The zero-order valence-corrected chi connectivity index (χ0v) is 16.1. The predicted molar refractivity (Wildman–Crippen MR) is 96.4 cm³/mol. The number of hydrogen-bond acceptors (Lipinski definition) is 8. The molecule has 140 valence electrons. The molecule has 0 radical (unpaired) electrons. The average molecular weight is 417 g/mol. The molecular weight excluding hydrogens is 400 g/mol. The van der Waals surface area contributed by atoms with Crippen LogP contribution >= 0.6 is 11.3 Å². The normalized spacial score (nSPS) is 19.3. The van der Waals surface area contributed by atoms with Gasteiger partial charge < -0.3 is 0 Å². The summed E-state index contributed by atoms with van der Waals surface area (Å²) in [7, 11) is -7.04. The molecule has 1 aromatic carbocycles. The van der Waals surface area contributed by atoms with Gasteiger partial charge in [0.05, 0.1) is 16.4 Å². The number of aryl methyl sites for hydroxylation is 1. The second-order valence-electron chi connectivity index (χ2n) is 5.83. The van der Waals surface area contributed by atoms with Gasteiger partial charge in [0, 0.05) is 11.6 Å². The van der Waals surface area contributed by atoms with Gasteiger partial charge in [-0.05, 0) is 37.6 Å². The summed E-state index contributed by atoms with van der Waals surface area (Å²) < 4.78 is 50.0. The van der Waals surface area contributed by atoms with Gasteiger partial charge >= 0.3 is 0 Å². The number of sulfonamides is 1. The van der Waals surface area contributed by atoms with Crippen LogP contribution < -0.4 is 10.0 Å². The third-order valence-electron chi connectivity index (χ3n) is 3.73. The van der Waals surface area contributed by atoms with Crippen molar-refractivity contribution in [3.8, 4) is 0 Å². The molecule has 2 N–H and O–H groups in total. The zero-order valence-electron chi connectivity index (χ0n) is 13.7. The Morgan fingerprint density at radius 1 is 1.23 bits per heavy atom. The second kappa shape index (κ2) is 7.02. The van der Waals surface area contributed by atoms with Gasteiger partial charge in [0.1, 0.15) is 5.01 Å². The highest BCUT2D eigenvalue weighted by Gasteiger charge is 2.31. The third kappa shape index (κ3) is 4.44. The van der Waals surface area contributed by atoms with Crippen LogP contribution in [-0.2, 0) is 19.9 Å². The summed E-state index contributed by atoms with van der Waals surface area (Å²) in [4.78, 5) is 12.1. The summed E-state index contributed by atoms with van der Waals surface area (Å²) in [6.07, 6.45) is 0.253. The molecular formula is C14H16N4O5S3. The maximum Gasteiger partial charge on any atom is 0.257 e. The van der Waals surface area contributed by atoms with Gasteiger partial charge in [-0.1, -0.05) is 11.3 Å². The number of carbonyl (C=O) groups excluding carboxylic acids is 1. The number of sulfone groups is 1. The first-order valence-electron chi connectivity index (χ1n) is 7.59. The number of aromatic nitrogens is 2. The molecule has 1 saturated heterocycles. The first kappa shape index (κ1) is 18.9. The lowest BCUT2D eigenvalue weighted by Gasteiger charge is -2.12. The van der Waals surface area contributed by atoms with Gasteiger partial charge in [0.15, 0.2) is 9.84 Å². The number of benzene rings is 1. The third-order valence-corrected chi connectivity index (χ3v) is 7.79. The van der Waals surface area contributed by atoms with E-state index in [9.17, 15) is 21.6 Å². The van der Waals surface area contributed by atoms with Gasteiger partial charge in [-0.15, -0.1) is 10.2 Å². The fourth-order valence-corrected chi connectivity index (χ4v) is 6.11. The summed E-state index contributed by atoms with van der Waals surface area (Å²) in [5.41, 5.74) is 0.264. The SMILES string of the molecule is Cc1nnc(NC(=O)c2ccc(S(=O)(=O)NC3CCS(=O)(=O)C3)cc2)s1. The maximum absolute atomic E-state index is 12.4. The lowest BCUT2D eigenvalue weighted by molar-refractivity contribution is 0.102. The van der Waals surface area contributed by atoms with E-state index in [4.69, 9.17) is 0 Å². The van der Waals surface area contributed by atoms with Crippen molar-refractivity contribution < 1.29 is 21.6 Å². The van der Waals surface area contributed by atoms with Crippen molar-refractivity contribution in [2.24, 2.45) is 0 Å². The number of nitrogens with zero attached hydrogens (tertiary/aromatic N) is 2. The standard InChI is InChI=1S/C14H16N4O5S3/c1-9-16-17-14(24-9)15-13(19)10-2-4-12(5-3-10)26(22,23)18-11-6-7-25(20,21)8-11/h2-5,11,18H,6-8H2,1H3,(H,15,17,19). The molecule has 9 nitrogen and oxygen atoms in total. The molecule has 1 aliphatic heterocycles. The molecule has 3 rings (SSSR count). The lowest BCUT2D eigenvalue weighted by Crippen LogP contribution is -2.35. The van der Waals surface area contributed by atoms with E-state index in [0.717, 1.165) is 0 Å². The Hall–Kier alpha value is -1.89. The fourth-order valence-electron chi connectivity index (χ4n) is 2.48. The van der Waals surface area contributed by atoms with Crippen LogP contribution in [0.15, 0.2) is 29.2 Å². The monoisotopic (exact) mass is 416 g/mol. The molecule has 2 heterocycles. The number of amides is 1. The van der Waals surface area contributed by atoms with Crippen molar-refractivity contribution in [2.75, 3.05) is 16.8 Å². The van der Waals surface area contributed by atoms with E-state index in [0.29, 0.717) is 10.1 Å². The van der Waals surface area contributed by atoms with E-state index in [-0.39, 0.29) is 28.4 Å². The molecule has 12 heteroatoms. The number of nitrogens with one attached hydrogen (secondary N) is 2. The van der Waals surface area contributed by atoms with Gasteiger partial charge in [0.2, 0.25) is 15.2 Å². The second-order valence-corrected chi connectivity index (χ2v) is 11.0. The van der Waals surface area contributed by atoms with Crippen molar-refractivity contribution in [1.82, 2.24) is 14.9 Å². The molecule has 0 spiro atoms. The van der Waals surface area contributed by atoms with E-state index in [1.165, 1.54) is 35.6 Å². The Morgan fingerprint density at radius 2 is 1.92 bits per heavy atom. The Balaban J connectivity index is 1.69. The Morgan fingerprint density at radius 3 is 2.46 bits per heavy atom. The number of hydrogen-bond donors (Lipinski definition) is 2. The highest BCUT2D eigenvalue weighted by atomic mass is 32.2. The number of carbonyl (C=O) groups is 1. The number of rotatable bonds is 5. The smallest absolute Gasteiger partial charge is 0.257 e. The van der Waals surface area contributed by atoms with Crippen LogP contribution in [0.1, 0.15) is 21.8 Å². The van der Waals surface area contributed by atoms with E-state index in [1.54, 1.807) is 6.92 Å². The van der Waals surface area contributed by atoms with Crippen molar-refractivity contribution in [1.29, 1.82) is 0 Å². The molecule has 1 unspecified atom stereocenters. The van der Waals surface area contributed by atoms with Crippen LogP contribution in [0.5, 0.6) is 0 Å². The molecule has 2 aromatic rings. The van der Waals surface area contributed by atoms with Gasteiger partial charge in [-0.25, -0.2) is 21.6 Å². The largest absolute Gasteiger partial charge is 0.296 e. The topological polar surface area (TPSA) is 135 Å². The summed E-state index contributed by atoms with van der Waals surface area (Å²) in [5, 5.41) is 11.2. The van der Waals surface area contributed by atoms with Crippen molar-refractivity contribution in [2.45, 2.75) is 24.3 Å². The van der Waals surface area contributed by atoms with Gasteiger partial charge in [-0.3, -0.25) is 10.1 Å². The Bertz CT molecular complexity index is 1030. The lowest BCUT2D eigenvalue weighted by atomic mass is 10.2. The molecule has 1 fully saturated rings. The molecule has 0 saturated carbocycles. The van der Waals surface area contributed by atoms with E-state index >= 15 is 0 Å². The minimum Gasteiger partial charge on any atom is -0.296 e. The molecule has 0 aliphatic carbocycles. The average Bonchev–Trinajstić information content (AvgIpc) is 3.12. The maximum atomic E-state index is 12.4. The first-order valence-corrected chi connectivity index (χ1v) is 11.7. The molecule has 26 heavy (non-hydrogen) atoms. The summed E-state index contributed by atoms with van der Waals surface area (Å²) >= 11 is 1.23. The molecule has 1 amide bonds. The van der Waals surface area contributed by atoms with Crippen molar-refractivity contribution >= 4 is 42.2 Å². The molecule has 1 aliphatic rings. The number of anilines is 1. The Kier molecular flexibility index (Phi) is 5.10.